The van der Waals surface area contributed by atoms with Crippen LogP contribution in [0.25, 0.3) is 0 Å². The summed E-state index contributed by atoms with van der Waals surface area (Å²) < 4.78 is 5.11. The molecule has 0 fully saturated rings. The number of hydrogen-bond donors (Lipinski definition) is 3. The molecule has 0 aromatic rings. The molecule has 0 bridgehead atoms. The van der Waals surface area contributed by atoms with Gasteiger partial charge in [-0.15, -0.1) is 0 Å². The van der Waals surface area contributed by atoms with Crippen LogP contribution in [0, 0.1) is 0 Å². The summed E-state index contributed by atoms with van der Waals surface area (Å²) >= 11 is 0. The molecule has 96 valence electrons. The van der Waals surface area contributed by atoms with Crippen molar-refractivity contribution in [3.05, 3.63) is 0 Å². The van der Waals surface area contributed by atoms with Crippen LogP contribution in [0.1, 0.15) is 34.1 Å². The molecular weight excluding hydrogens is 206 g/mol. The third-order valence-corrected chi connectivity index (χ3v) is 1.94. The quantitative estimate of drug-likeness (QED) is 0.633. The Bertz CT molecular complexity index is 202. The molecule has 1 unspecified atom stereocenters. The fourth-order valence-corrected chi connectivity index (χ4v) is 1.25. The molecule has 4 N–H and O–H groups in total. The maximum Gasteiger partial charge on any atom is 0.407 e. The Morgan fingerprint density at radius 1 is 1.44 bits per heavy atom. The molecule has 0 heterocycles. The van der Waals surface area contributed by atoms with E-state index in [-0.39, 0.29) is 12.1 Å². The van der Waals surface area contributed by atoms with Crippen LogP contribution in [0.15, 0.2) is 0 Å². The average molecular weight is 231 g/mol. The number of likely N-dealkylation sites (N-methyl/N-ethyl adjacent to an activating group) is 1. The number of carbonyl (C=O) groups is 1. The second-order valence-electron chi connectivity index (χ2n) is 4.71. The van der Waals surface area contributed by atoms with E-state index in [9.17, 15) is 4.79 Å². The highest BCUT2D eigenvalue weighted by atomic mass is 16.6. The van der Waals surface area contributed by atoms with Crippen LogP contribution in [-0.2, 0) is 4.74 Å². The van der Waals surface area contributed by atoms with Gasteiger partial charge >= 0.3 is 6.09 Å². The number of ether oxygens (including phenoxy) is 1. The van der Waals surface area contributed by atoms with Crippen LogP contribution in [0.2, 0.25) is 0 Å². The summed E-state index contributed by atoms with van der Waals surface area (Å²) in [5.41, 5.74) is 5.13. The Balaban J connectivity index is 3.68. The van der Waals surface area contributed by atoms with E-state index in [1.54, 1.807) is 0 Å². The molecule has 0 aromatic heterocycles. The second-order valence-corrected chi connectivity index (χ2v) is 4.71. The molecule has 0 spiro atoms. The summed E-state index contributed by atoms with van der Waals surface area (Å²) in [4.78, 5) is 11.3. The van der Waals surface area contributed by atoms with Gasteiger partial charge in [0.2, 0.25) is 0 Å². The molecule has 0 aliphatic rings. The number of nitrogens with two attached hydrogens (primary N) is 1. The number of rotatable bonds is 6. The molecule has 1 amide bonds. The predicted octanol–water partition coefficient (Wildman–Crippen LogP) is 0.838. The Kier molecular flexibility index (Phi) is 7.08. The van der Waals surface area contributed by atoms with Crippen molar-refractivity contribution in [1.29, 1.82) is 0 Å². The van der Waals surface area contributed by atoms with E-state index in [0.717, 1.165) is 13.0 Å². The highest BCUT2D eigenvalue weighted by Gasteiger charge is 2.15. The first-order valence-corrected chi connectivity index (χ1v) is 5.79. The molecule has 0 aromatic carbocycles. The highest BCUT2D eigenvalue weighted by Crippen LogP contribution is 2.06. The fourth-order valence-electron chi connectivity index (χ4n) is 1.25. The largest absolute Gasteiger partial charge is 0.444 e. The SMILES string of the molecule is CCNC(CN)CCNC(=O)OC(C)(C)C. The van der Waals surface area contributed by atoms with Crippen LogP contribution in [0.5, 0.6) is 0 Å². The maximum absolute atomic E-state index is 11.3. The summed E-state index contributed by atoms with van der Waals surface area (Å²) in [6, 6.07) is 0.250. The van der Waals surface area contributed by atoms with Crippen molar-refractivity contribution >= 4 is 6.09 Å². The Labute approximate surface area is 98.1 Å². The molecule has 0 aliphatic heterocycles. The van der Waals surface area contributed by atoms with Crippen molar-refractivity contribution in [1.82, 2.24) is 10.6 Å². The van der Waals surface area contributed by atoms with Crippen LogP contribution >= 0.6 is 0 Å². The summed E-state index contributed by atoms with van der Waals surface area (Å²) in [5.74, 6) is 0. The van der Waals surface area contributed by atoms with Gasteiger partial charge < -0.3 is 21.1 Å². The van der Waals surface area contributed by atoms with E-state index in [1.165, 1.54) is 0 Å². The maximum atomic E-state index is 11.3. The summed E-state index contributed by atoms with van der Waals surface area (Å²) in [5, 5.41) is 5.94. The number of carbonyl (C=O) groups excluding carboxylic acids is 1. The van der Waals surface area contributed by atoms with Gasteiger partial charge in [0.25, 0.3) is 0 Å². The molecule has 5 nitrogen and oxygen atoms in total. The molecule has 0 radical (unpaired) electrons. The highest BCUT2D eigenvalue weighted by molar-refractivity contribution is 5.67. The molecule has 0 saturated carbocycles. The second kappa shape index (κ2) is 7.46. The molecule has 1 atom stereocenters. The number of alkyl carbamates (subject to hydrolysis) is 1. The van der Waals surface area contributed by atoms with Crippen molar-refractivity contribution in [2.75, 3.05) is 19.6 Å². The minimum atomic E-state index is -0.445. The van der Waals surface area contributed by atoms with Gasteiger partial charge in [-0.2, -0.15) is 0 Å². The Morgan fingerprint density at radius 3 is 2.50 bits per heavy atom. The third-order valence-electron chi connectivity index (χ3n) is 1.94. The first-order chi connectivity index (χ1) is 7.39. The van der Waals surface area contributed by atoms with E-state index >= 15 is 0 Å². The van der Waals surface area contributed by atoms with Gasteiger partial charge in [0.15, 0.2) is 0 Å². The average Bonchev–Trinajstić information content (AvgIpc) is 2.13. The lowest BCUT2D eigenvalue weighted by atomic mass is 10.2. The van der Waals surface area contributed by atoms with Crippen molar-refractivity contribution in [2.45, 2.75) is 45.8 Å². The van der Waals surface area contributed by atoms with Crippen LogP contribution in [0.3, 0.4) is 0 Å². The summed E-state index contributed by atoms with van der Waals surface area (Å²) in [6.45, 7) is 9.58. The van der Waals surface area contributed by atoms with E-state index in [4.69, 9.17) is 10.5 Å². The van der Waals surface area contributed by atoms with Crippen molar-refractivity contribution in [3.8, 4) is 0 Å². The summed E-state index contributed by atoms with van der Waals surface area (Å²) in [7, 11) is 0. The van der Waals surface area contributed by atoms with Crippen LogP contribution in [0.4, 0.5) is 4.79 Å². The van der Waals surface area contributed by atoms with Gasteiger partial charge in [-0.3, -0.25) is 0 Å². The minimum absolute atomic E-state index is 0.250. The molecule has 0 saturated heterocycles. The predicted molar refractivity (Wildman–Crippen MR) is 65.4 cm³/mol. The lowest BCUT2D eigenvalue weighted by Gasteiger charge is -2.20. The van der Waals surface area contributed by atoms with Gasteiger partial charge in [-0.25, -0.2) is 4.79 Å². The lowest BCUT2D eigenvalue weighted by molar-refractivity contribution is 0.0526. The van der Waals surface area contributed by atoms with E-state index in [2.05, 4.69) is 10.6 Å². The van der Waals surface area contributed by atoms with Gasteiger partial charge in [0.05, 0.1) is 0 Å². The van der Waals surface area contributed by atoms with E-state index in [1.807, 2.05) is 27.7 Å². The lowest BCUT2D eigenvalue weighted by Crippen LogP contribution is -2.40. The molecule has 0 aliphatic carbocycles. The third kappa shape index (κ3) is 8.49. The number of amides is 1. The zero-order valence-corrected chi connectivity index (χ0v) is 10.8. The van der Waals surface area contributed by atoms with Crippen molar-refractivity contribution in [3.63, 3.8) is 0 Å². The Morgan fingerprint density at radius 2 is 2.06 bits per heavy atom. The smallest absolute Gasteiger partial charge is 0.407 e. The van der Waals surface area contributed by atoms with Crippen molar-refractivity contribution < 1.29 is 9.53 Å². The minimum Gasteiger partial charge on any atom is -0.444 e. The Hall–Kier alpha value is -0.810. The molecule has 16 heavy (non-hydrogen) atoms. The fraction of sp³-hybridized carbons (Fsp3) is 0.909. The monoisotopic (exact) mass is 231 g/mol. The number of nitrogens with one attached hydrogen (secondary N) is 2. The zero-order valence-electron chi connectivity index (χ0n) is 10.8. The van der Waals surface area contributed by atoms with Gasteiger partial charge in [0.1, 0.15) is 5.60 Å². The first kappa shape index (κ1) is 15.2. The van der Waals surface area contributed by atoms with E-state index in [0.29, 0.717) is 13.1 Å². The first-order valence-electron chi connectivity index (χ1n) is 5.79. The van der Waals surface area contributed by atoms with E-state index < -0.39 is 5.60 Å². The number of hydrogen-bond acceptors (Lipinski definition) is 4. The summed E-state index contributed by atoms with van der Waals surface area (Å²) in [6.07, 6.45) is 0.434. The van der Waals surface area contributed by atoms with Crippen LogP contribution < -0.4 is 16.4 Å². The van der Waals surface area contributed by atoms with Gasteiger partial charge in [0, 0.05) is 19.1 Å². The van der Waals surface area contributed by atoms with Gasteiger partial charge in [-0.1, -0.05) is 6.92 Å². The van der Waals surface area contributed by atoms with Gasteiger partial charge in [-0.05, 0) is 33.7 Å². The molecular formula is C11H25N3O2. The van der Waals surface area contributed by atoms with Crippen molar-refractivity contribution in [2.24, 2.45) is 5.73 Å². The molecule has 0 rings (SSSR count). The topological polar surface area (TPSA) is 76.4 Å². The standard InChI is InChI=1S/C11H25N3O2/c1-5-13-9(8-12)6-7-14-10(15)16-11(2,3)4/h9,13H,5-8,12H2,1-4H3,(H,14,15). The van der Waals surface area contributed by atoms with Crippen LogP contribution in [-0.4, -0.2) is 37.4 Å². The zero-order chi connectivity index (χ0) is 12.6. The normalized spacial score (nSPS) is 13.3. The molecule has 5 heteroatoms.